The Morgan fingerprint density at radius 3 is 2.38 bits per heavy atom. The molecule has 0 amide bonds. The van der Waals surface area contributed by atoms with Gasteiger partial charge in [0.25, 0.3) is 11.2 Å². The van der Waals surface area contributed by atoms with Crippen LogP contribution in [-0.2, 0) is 0 Å². The van der Waals surface area contributed by atoms with Crippen LogP contribution in [0.5, 0.6) is 0 Å². The molecule has 0 aliphatic rings. The van der Waals surface area contributed by atoms with Gasteiger partial charge < -0.3 is 10.7 Å². The van der Waals surface area contributed by atoms with E-state index in [-0.39, 0.29) is 11.2 Å². The standard InChI is InChI=1S/C15H11N3O3/c16-14-11-3-1-2-4-12(11)17-15(19)13(14)9-5-7-10(8-6-9)18(20)21/h1-8H,(H3,16,17,19). The lowest BCUT2D eigenvalue weighted by atomic mass is 10.0. The van der Waals surface area contributed by atoms with E-state index >= 15 is 0 Å². The highest BCUT2D eigenvalue weighted by Crippen LogP contribution is 2.29. The Bertz CT molecular complexity index is 898. The fourth-order valence-electron chi connectivity index (χ4n) is 2.31. The second kappa shape index (κ2) is 4.75. The van der Waals surface area contributed by atoms with Crippen LogP contribution in [0, 0.1) is 10.1 Å². The van der Waals surface area contributed by atoms with Crippen LogP contribution in [0.2, 0.25) is 0 Å². The number of hydrogen-bond donors (Lipinski definition) is 2. The molecule has 0 saturated heterocycles. The van der Waals surface area contributed by atoms with E-state index in [0.29, 0.717) is 22.3 Å². The molecule has 3 aromatic rings. The summed E-state index contributed by atoms with van der Waals surface area (Å²) in [6, 6.07) is 13.0. The maximum atomic E-state index is 12.2. The number of aromatic nitrogens is 1. The highest BCUT2D eigenvalue weighted by atomic mass is 16.6. The Morgan fingerprint density at radius 1 is 1.05 bits per heavy atom. The molecule has 3 N–H and O–H groups in total. The Labute approximate surface area is 119 Å². The number of fused-ring (bicyclic) bond motifs is 1. The summed E-state index contributed by atoms with van der Waals surface area (Å²) >= 11 is 0. The molecule has 6 nitrogen and oxygen atoms in total. The Balaban J connectivity index is 2.24. The number of nitro benzene ring substituents is 1. The first-order valence-corrected chi connectivity index (χ1v) is 6.23. The van der Waals surface area contributed by atoms with Crippen LogP contribution in [0.4, 0.5) is 11.4 Å². The number of non-ortho nitro benzene ring substituents is 1. The van der Waals surface area contributed by atoms with Crippen molar-refractivity contribution in [3.8, 4) is 11.1 Å². The molecular formula is C15H11N3O3. The molecule has 104 valence electrons. The molecule has 0 bridgehead atoms. The zero-order valence-electron chi connectivity index (χ0n) is 10.9. The van der Waals surface area contributed by atoms with E-state index in [1.54, 1.807) is 6.07 Å². The van der Waals surface area contributed by atoms with E-state index in [1.165, 1.54) is 24.3 Å². The number of aromatic amines is 1. The predicted molar refractivity (Wildman–Crippen MR) is 81.1 cm³/mol. The Hall–Kier alpha value is -3.15. The number of nitrogens with two attached hydrogens (primary N) is 1. The van der Waals surface area contributed by atoms with Crippen molar-refractivity contribution < 1.29 is 4.92 Å². The van der Waals surface area contributed by atoms with Gasteiger partial charge >= 0.3 is 0 Å². The summed E-state index contributed by atoms with van der Waals surface area (Å²) in [6.07, 6.45) is 0. The summed E-state index contributed by atoms with van der Waals surface area (Å²) in [6.45, 7) is 0. The van der Waals surface area contributed by atoms with Crippen LogP contribution in [0.15, 0.2) is 53.3 Å². The van der Waals surface area contributed by atoms with E-state index in [1.807, 2.05) is 18.2 Å². The highest BCUT2D eigenvalue weighted by molar-refractivity contribution is 5.97. The van der Waals surface area contributed by atoms with Gasteiger partial charge in [-0.1, -0.05) is 18.2 Å². The number of nitrogens with one attached hydrogen (secondary N) is 1. The molecule has 0 aliphatic carbocycles. The van der Waals surface area contributed by atoms with Crippen LogP contribution in [-0.4, -0.2) is 9.91 Å². The van der Waals surface area contributed by atoms with Crippen LogP contribution in [0.3, 0.4) is 0 Å². The lowest BCUT2D eigenvalue weighted by Gasteiger charge is -2.08. The molecule has 0 fully saturated rings. The van der Waals surface area contributed by atoms with Crippen LogP contribution >= 0.6 is 0 Å². The highest BCUT2D eigenvalue weighted by Gasteiger charge is 2.13. The predicted octanol–water partition coefficient (Wildman–Crippen LogP) is 2.69. The molecule has 0 aliphatic heterocycles. The van der Waals surface area contributed by atoms with E-state index < -0.39 is 4.92 Å². The fourth-order valence-corrected chi connectivity index (χ4v) is 2.31. The first kappa shape index (κ1) is 12.9. The fraction of sp³-hybridized carbons (Fsp3) is 0. The maximum Gasteiger partial charge on any atom is 0.269 e. The van der Waals surface area contributed by atoms with Gasteiger partial charge in [-0.2, -0.15) is 0 Å². The number of nitro groups is 1. The van der Waals surface area contributed by atoms with E-state index in [2.05, 4.69) is 4.98 Å². The number of pyridine rings is 1. The summed E-state index contributed by atoms with van der Waals surface area (Å²) in [4.78, 5) is 25.2. The van der Waals surface area contributed by atoms with Crippen LogP contribution in [0.1, 0.15) is 0 Å². The van der Waals surface area contributed by atoms with Crippen molar-refractivity contribution in [2.24, 2.45) is 0 Å². The van der Waals surface area contributed by atoms with Gasteiger partial charge in [0.2, 0.25) is 0 Å². The molecule has 1 heterocycles. The largest absolute Gasteiger partial charge is 0.398 e. The number of nitrogen functional groups attached to an aromatic ring is 1. The van der Waals surface area contributed by atoms with Crippen molar-refractivity contribution in [1.82, 2.24) is 4.98 Å². The molecule has 0 radical (unpaired) electrons. The van der Waals surface area contributed by atoms with Gasteiger partial charge in [0, 0.05) is 17.5 Å². The minimum atomic E-state index is -0.488. The molecule has 2 aromatic carbocycles. The summed E-state index contributed by atoms with van der Waals surface area (Å²) < 4.78 is 0. The molecule has 0 saturated carbocycles. The lowest BCUT2D eigenvalue weighted by Crippen LogP contribution is -2.12. The van der Waals surface area contributed by atoms with Crippen molar-refractivity contribution in [2.75, 3.05) is 5.73 Å². The van der Waals surface area contributed by atoms with Crippen LogP contribution in [0.25, 0.3) is 22.0 Å². The molecule has 21 heavy (non-hydrogen) atoms. The molecule has 3 rings (SSSR count). The first-order valence-electron chi connectivity index (χ1n) is 6.23. The smallest absolute Gasteiger partial charge is 0.269 e. The van der Waals surface area contributed by atoms with Crippen molar-refractivity contribution in [3.05, 3.63) is 69.0 Å². The molecule has 1 aromatic heterocycles. The Morgan fingerprint density at radius 2 is 1.71 bits per heavy atom. The average molecular weight is 281 g/mol. The molecular weight excluding hydrogens is 270 g/mol. The molecule has 0 spiro atoms. The number of nitrogens with zero attached hydrogens (tertiary/aromatic N) is 1. The summed E-state index contributed by atoms with van der Waals surface area (Å²) in [5.41, 5.74) is 7.63. The normalized spacial score (nSPS) is 10.7. The van der Waals surface area contributed by atoms with E-state index in [4.69, 9.17) is 5.73 Å². The topological polar surface area (TPSA) is 102 Å². The van der Waals surface area contributed by atoms with Crippen molar-refractivity contribution >= 4 is 22.3 Å². The quantitative estimate of drug-likeness (QED) is 0.556. The second-order valence-electron chi connectivity index (χ2n) is 4.59. The van der Waals surface area contributed by atoms with Crippen molar-refractivity contribution in [1.29, 1.82) is 0 Å². The molecule has 0 atom stereocenters. The van der Waals surface area contributed by atoms with E-state index in [0.717, 1.165) is 5.39 Å². The summed E-state index contributed by atoms with van der Waals surface area (Å²) in [5, 5.41) is 11.4. The SMILES string of the molecule is Nc1c(-c2ccc([N+](=O)[O-])cc2)c(=O)[nH]c2ccccc12. The van der Waals surface area contributed by atoms with Gasteiger partial charge in [0.15, 0.2) is 0 Å². The maximum absolute atomic E-state index is 12.2. The first-order chi connectivity index (χ1) is 10.1. The number of anilines is 1. The minimum Gasteiger partial charge on any atom is -0.398 e. The molecule has 0 unspecified atom stereocenters. The zero-order chi connectivity index (χ0) is 15.0. The summed E-state index contributed by atoms with van der Waals surface area (Å²) in [5.74, 6) is 0. The van der Waals surface area contributed by atoms with Gasteiger partial charge in [-0.15, -0.1) is 0 Å². The van der Waals surface area contributed by atoms with Gasteiger partial charge in [0.1, 0.15) is 0 Å². The number of H-pyrrole nitrogens is 1. The number of para-hydroxylation sites is 1. The van der Waals surface area contributed by atoms with Gasteiger partial charge in [0.05, 0.1) is 21.7 Å². The number of benzene rings is 2. The third-order valence-corrected chi connectivity index (χ3v) is 3.33. The Kier molecular flexibility index (Phi) is 2.91. The number of hydrogen-bond acceptors (Lipinski definition) is 4. The zero-order valence-corrected chi connectivity index (χ0v) is 10.9. The third kappa shape index (κ3) is 2.12. The van der Waals surface area contributed by atoms with Gasteiger partial charge in [-0.3, -0.25) is 14.9 Å². The monoisotopic (exact) mass is 281 g/mol. The van der Waals surface area contributed by atoms with Crippen molar-refractivity contribution in [3.63, 3.8) is 0 Å². The molecule has 6 heteroatoms. The van der Waals surface area contributed by atoms with E-state index in [9.17, 15) is 14.9 Å². The third-order valence-electron chi connectivity index (χ3n) is 3.33. The minimum absolute atomic E-state index is 0.0328. The van der Waals surface area contributed by atoms with Gasteiger partial charge in [-0.05, 0) is 23.8 Å². The van der Waals surface area contributed by atoms with Crippen LogP contribution < -0.4 is 11.3 Å². The average Bonchev–Trinajstić information content (AvgIpc) is 2.48. The lowest BCUT2D eigenvalue weighted by molar-refractivity contribution is -0.384. The van der Waals surface area contributed by atoms with Gasteiger partial charge in [-0.25, -0.2) is 0 Å². The van der Waals surface area contributed by atoms with Crippen molar-refractivity contribution in [2.45, 2.75) is 0 Å². The second-order valence-corrected chi connectivity index (χ2v) is 4.59. The number of rotatable bonds is 2. The summed E-state index contributed by atoms with van der Waals surface area (Å²) in [7, 11) is 0.